The van der Waals surface area contributed by atoms with Crippen molar-refractivity contribution in [3.63, 3.8) is 0 Å². The van der Waals surface area contributed by atoms with E-state index in [9.17, 15) is 0 Å². The van der Waals surface area contributed by atoms with Gasteiger partial charge in [-0.15, -0.1) is 0 Å². The number of aromatic nitrogens is 1. The molecule has 14 heavy (non-hydrogen) atoms. The summed E-state index contributed by atoms with van der Waals surface area (Å²) >= 11 is 0. The Morgan fingerprint density at radius 1 is 1.29 bits per heavy atom. The van der Waals surface area contributed by atoms with Crippen molar-refractivity contribution in [3.8, 4) is 0 Å². The summed E-state index contributed by atoms with van der Waals surface area (Å²) in [6.45, 7) is 4.56. The fourth-order valence-corrected chi connectivity index (χ4v) is 1.82. The molecule has 0 amide bonds. The van der Waals surface area contributed by atoms with Gasteiger partial charge in [-0.05, 0) is 24.0 Å². The topological polar surface area (TPSA) is 15.8 Å². The Morgan fingerprint density at radius 2 is 2.07 bits per heavy atom. The lowest BCUT2D eigenvalue weighted by Crippen LogP contribution is -1.96. The molecule has 0 radical (unpaired) electrons. The molecule has 0 fully saturated rings. The number of H-pyrrole nitrogens is 1. The number of rotatable bonds is 3. The summed E-state index contributed by atoms with van der Waals surface area (Å²) in [5, 5.41) is 1.38. The van der Waals surface area contributed by atoms with Gasteiger partial charge in [0.05, 0.1) is 0 Å². The SMILES string of the molecule is CC[C@@H](C)Cc1c[nH]c2ccccc12. The van der Waals surface area contributed by atoms with Crippen molar-refractivity contribution in [1.82, 2.24) is 4.98 Å². The number of benzene rings is 1. The molecule has 1 heteroatoms. The predicted molar refractivity (Wildman–Crippen MR) is 61.5 cm³/mol. The minimum Gasteiger partial charge on any atom is -0.361 e. The first-order valence-corrected chi connectivity index (χ1v) is 5.36. The van der Waals surface area contributed by atoms with E-state index >= 15 is 0 Å². The molecule has 1 heterocycles. The lowest BCUT2D eigenvalue weighted by atomic mass is 9.99. The fraction of sp³-hybridized carbons (Fsp3) is 0.385. The summed E-state index contributed by atoms with van der Waals surface area (Å²) in [6, 6.07) is 8.52. The maximum absolute atomic E-state index is 3.32. The van der Waals surface area contributed by atoms with Crippen molar-refractivity contribution in [2.45, 2.75) is 26.7 Å². The maximum Gasteiger partial charge on any atom is 0.0456 e. The fourth-order valence-electron chi connectivity index (χ4n) is 1.82. The molecule has 2 aromatic rings. The third-order valence-electron chi connectivity index (χ3n) is 2.94. The molecule has 0 bridgehead atoms. The molecule has 0 unspecified atom stereocenters. The minimum absolute atomic E-state index is 0.772. The highest BCUT2D eigenvalue weighted by atomic mass is 14.7. The molecule has 0 saturated heterocycles. The second-order valence-electron chi connectivity index (χ2n) is 4.08. The van der Waals surface area contributed by atoms with Crippen molar-refractivity contribution in [3.05, 3.63) is 36.0 Å². The molecule has 0 spiro atoms. The first-order chi connectivity index (χ1) is 6.81. The van der Waals surface area contributed by atoms with Gasteiger partial charge in [-0.1, -0.05) is 38.5 Å². The number of nitrogens with one attached hydrogen (secondary N) is 1. The molecule has 74 valence electrons. The van der Waals surface area contributed by atoms with E-state index in [1.807, 2.05) is 0 Å². The lowest BCUT2D eigenvalue weighted by Gasteiger charge is -2.06. The molecule has 1 aromatic carbocycles. The van der Waals surface area contributed by atoms with Crippen LogP contribution in [0.5, 0.6) is 0 Å². The average Bonchev–Trinajstić information content (AvgIpc) is 2.62. The van der Waals surface area contributed by atoms with Crippen molar-refractivity contribution < 1.29 is 0 Å². The standard InChI is InChI=1S/C13H17N/c1-3-10(2)8-11-9-14-13-7-5-4-6-12(11)13/h4-7,9-10,14H,3,8H2,1-2H3/t10-/m1/s1. The Morgan fingerprint density at radius 3 is 2.86 bits per heavy atom. The summed E-state index contributed by atoms with van der Waals surface area (Å²) in [5.74, 6) is 0.772. The van der Waals surface area contributed by atoms with E-state index in [0.29, 0.717) is 0 Å². The van der Waals surface area contributed by atoms with E-state index in [2.05, 4.69) is 49.3 Å². The third kappa shape index (κ3) is 1.67. The van der Waals surface area contributed by atoms with Crippen LogP contribution in [0.4, 0.5) is 0 Å². The number of fused-ring (bicyclic) bond motifs is 1. The minimum atomic E-state index is 0.772. The van der Waals surface area contributed by atoms with E-state index in [1.54, 1.807) is 0 Å². The Bertz CT molecular complexity index is 414. The van der Waals surface area contributed by atoms with Crippen LogP contribution in [0.15, 0.2) is 30.5 Å². The van der Waals surface area contributed by atoms with Crippen molar-refractivity contribution in [2.75, 3.05) is 0 Å². The van der Waals surface area contributed by atoms with Crippen molar-refractivity contribution >= 4 is 10.9 Å². The van der Waals surface area contributed by atoms with Gasteiger partial charge >= 0.3 is 0 Å². The number of hydrogen-bond acceptors (Lipinski definition) is 0. The first kappa shape index (κ1) is 9.32. The lowest BCUT2D eigenvalue weighted by molar-refractivity contribution is 0.562. The zero-order valence-corrected chi connectivity index (χ0v) is 8.88. The predicted octanol–water partition coefficient (Wildman–Crippen LogP) is 3.76. The van der Waals surface area contributed by atoms with E-state index in [0.717, 1.165) is 5.92 Å². The van der Waals surface area contributed by atoms with Gasteiger partial charge in [-0.3, -0.25) is 0 Å². The third-order valence-corrected chi connectivity index (χ3v) is 2.94. The van der Waals surface area contributed by atoms with Crippen LogP contribution in [0.2, 0.25) is 0 Å². The molecule has 0 aliphatic carbocycles. The van der Waals surface area contributed by atoms with Gasteiger partial charge in [0.15, 0.2) is 0 Å². The number of aromatic amines is 1. The zero-order valence-electron chi connectivity index (χ0n) is 8.88. The van der Waals surface area contributed by atoms with Crippen LogP contribution in [0.3, 0.4) is 0 Å². The maximum atomic E-state index is 3.32. The molecule has 0 aliphatic heterocycles. The van der Waals surface area contributed by atoms with E-state index < -0.39 is 0 Å². The average molecular weight is 187 g/mol. The molecular formula is C13H17N. The van der Waals surface area contributed by atoms with E-state index in [1.165, 1.54) is 29.3 Å². The van der Waals surface area contributed by atoms with Gasteiger partial charge in [0.25, 0.3) is 0 Å². The number of para-hydroxylation sites is 1. The summed E-state index contributed by atoms with van der Waals surface area (Å²) in [6.07, 6.45) is 4.58. The summed E-state index contributed by atoms with van der Waals surface area (Å²) < 4.78 is 0. The molecule has 1 N–H and O–H groups in total. The zero-order chi connectivity index (χ0) is 9.97. The van der Waals surface area contributed by atoms with Crippen LogP contribution in [-0.4, -0.2) is 4.98 Å². The van der Waals surface area contributed by atoms with E-state index in [-0.39, 0.29) is 0 Å². The molecule has 0 aliphatic rings. The van der Waals surface area contributed by atoms with Gasteiger partial charge in [0.1, 0.15) is 0 Å². The highest BCUT2D eigenvalue weighted by Gasteiger charge is 2.05. The second kappa shape index (κ2) is 3.87. The van der Waals surface area contributed by atoms with Crippen LogP contribution in [0, 0.1) is 5.92 Å². The smallest absolute Gasteiger partial charge is 0.0456 e. The van der Waals surface area contributed by atoms with Crippen LogP contribution in [0.25, 0.3) is 10.9 Å². The van der Waals surface area contributed by atoms with Crippen molar-refractivity contribution in [2.24, 2.45) is 5.92 Å². The quantitative estimate of drug-likeness (QED) is 0.753. The Balaban J connectivity index is 2.33. The van der Waals surface area contributed by atoms with Crippen LogP contribution >= 0.6 is 0 Å². The second-order valence-corrected chi connectivity index (χ2v) is 4.08. The summed E-state index contributed by atoms with van der Waals surface area (Å²) in [5.41, 5.74) is 2.71. The Labute approximate surface area is 85.1 Å². The Kier molecular flexibility index (Phi) is 2.58. The molecule has 2 rings (SSSR count). The number of hydrogen-bond donors (Lipinski definition) is 1. The van der Waals surface area contributed by atoms with E-state index in [4.69, 9.17) is 0 Å². The normalized spacial score (nSPS) is 13.3. The van der Waals surface area contributed by atoms with Gasteiger partial charge in [-0.2, -0.15) is 0 Å². The van der Waals surface area contributed by atoms with Crippen LogP contribution < -0.4 is 0 Å². The highest BCUT2D eigenvalue weighted by molar-refractivity contribution is 5.83. The first-order valence-electron chi connectivity index (χ1n) is 5.36. The Hall–Kier alpha value is -1.24. The van der Waals surface area contributed by atoms with Crippen LogP contribution in [0.1, 0.15) is 25.8 Å². The van der Waals surface area contributed by atoms with Crippen molar-refractivity contribution in [1.29, 1.82) is 0 Å². The molecular weight excluding hydrogens is 170 g/mol. The van der Waals surface area contributed by atoms with Gasteiger partial charge in [0, 0.05) is 17.1 Å². The van der Waals surface area contributed by atoms with Gasteiger partial charge in [0.2, 0.25) is 0 Å². The summed E-state index contributed by atoms with van der Waals surface area (Å²) in [7, 11) is 0. The van der Waals surface area contributed by atoms with Gasteiger partial charge < -0.3 is 4.98 Å². The van der Waals surface area contributed by atoms with Gasteiger partial charge in [-0.25, -0.2) is 0 Å². The van der Waals surface area contributed by atoms with Crippen LogP contribution in [-0.2, 0) is 6.42 Å². The summed E-state index contributed by atoms with van der Waals surface area (Å²) in [4.78, 5) is 3.32. The molecule has 1 nitrogen and oxygen atoms in total. The molecule has 1 aromatic heterocycles. The molecule has 0 saturated carbocycles. The molecule has 1 atom stereocenters. The monoisotopic (exact) mass is 187 g/mol. The highest BCUT2D eigenvalue weighted by Crippen LogP contribution is 2.21. The largest absolute Gasteiger partial charge is 0.361 e.